The van der Waals surface area contributed by atoms with Crippen LogP contribution in [-0.2, 0) is 11.0 Å². The fourth-order valence-corrected chi connectivity index (χ4v) is 6.37. The van der Waals surface area contributed by atoms with Gasteiger partial charge in [0.15, 0.2) is 8.32 Å². The van der Waals surface area contributed by atoms with Crippen molar-refractivity contribution in [3.05, 3.63) is 78.4 Å². The van der Waals surface area contributed by atoms with Crippen LogP contribution >= 0.6 is 0 Å². The molecule has 6 nitrogen and oxygen atoms in total. The van der Waals surface area contributed by atoms with Crippen LogP contribution < -0.4 is 18.9 Å². The molecule has 7 heteroatoms. The van der Waals surface area contributed by atoms with Gasteiger partial charge in [-0.25, -0.2) is 4.98 Å². The van der Waals surface area contributed by atoms with Crippen molar-refractivity contribution in [3.63, 3.8) is 0 Å². The topological polar surface area (TPSA) is 59.0 Å². The van der Waals surface area contributed by atoms with Gasteiger partial charge in [-0.2, -0.15) is 0 Å². The number of hydrogen-bond donors (Lipinski definition) is 0. The van der Waals surface area contributed by atoms with E-state index in [1.165, 1.54) is 0 Å². The van der Waals surface area contributed by atoms with Crippen LogP contribution in [0.15, 0.2) is 72.8 Å². The maximum absolute atomic E-state index is 6.68. The van der Waals surface area contributed by atoms with E-state index in [9.17, 15) is 0 Å². The molecule has 4 bridgehead atoms. The third kappa shape index (κ3) is 9.51. The maximum atomic E-state index is 6.68. The van der Waals surface area contributed by atoms with Crippen LogP contribution in [0.5, 0.6) is 23.0 Å². The predicted molar refractivity (Wildman–Crippen MR) is 194 cm³/mol. The number of hydrogen-bond acceptors (Lipinski definition) is 6. The molecule has 0 fully saturated rings. The van der Waals surface area contributed by atoms with E-state index in [1.54, 1.807) is 0 Å². The molecule has 1 aromatic heterocycles. The fourth-order valence-electron chi connectivity index (χ4n) is 5.41. The summed E-state index contributed by atoms with van der Waals surface area (Å²) in [5, 5.41) is 0.114. The Bertz CT molecular complexity index is 1450. The number of ether oxygens (including phenoxy) is 4. The highest BCUT2D eigenvalue weighted by Gasteiger charge is 2.37. The van der Waals surface area contributed by atoms with E-state index >= 15 is 0 Å². The molecule has 0 N–H and O–H groups in total. The van der Waals surface area contributed by atoms with Crippen LogP contribution in [0.4, 0.5) is 0 Å². The molecule has 0 amide bonds. The van der Waals surface area contributed by atoms with Gasteiger partial charge in [0, 0.05) is 0 Å². The molecule has 0 aliphatic carbocycles. The summed E-state index contributed by atoms with van der Waals surface area (Å²) in [6.07, 6.45) is 16.6. The molecule has 47 heavy (non-hydrogen) atoms. The van der Waals surface area contributed by atoms with Gasteiger partial charge in [-0.3, -0.25) is 0 Å². The Morgan fingerprint density at radius 2 is 1.02 bits per heavy atom. The molecule has 0 unspecified atom stereocenters. The van der Waals surface area contributed by atoms with Gasteiger partial charge >= 0.3 is 0 Å². The van der Waals surface area contributed by atoms with E-state index < -0.39 is 8.32 Å². The third-order valence-electron chi connectivity index (χ3n) is 9.21. The summed E-state index contributed by atoms with van der Waals surface area (Å²) < 4.78 is 32.7. The van der Waals surface area contributed by atoms with E-state index in [1.807, 2.05) is 30.3 Å². The second-order valence-corrected chi connectivity index (χ2v) is 18.8. The lowest BCUT2D eigenvalue weighted by atomic mass is 10.0. The van der Waals surface area contributed by atoms with Crippen molar-refractivity contribution in [2.75, 3.05) is 26.4 Å². The van der Waals surface area contributed by atoms with E-state index in [0.717, 1.165) is 102 Å². The van der Waals surface area contributed by atoms with Crippen molar-refractivity contribution in [1.29, 1.82) is 0 Å². The molecule has 0 saturated carbocycles. The molecule has 0 atom stereocenters. The smallest absolute Gasteiger partial charge is 0.192 e. The van der Waals surface area contributed by atoms with Gasteiger partial charge in [-0.05, 0) is 111 Å². The zero-order valence-electron chi connectivity index (χ0n) is 29.1. The van der Waals surface area contributed by atoms with Crippen LogP contribution in [0.25, 0.3) is 22.5 Å². The van der Waals surface area contributed by atoms with Crippen molar-refractivity contribution in [3.8, 4) is 45.5 Å². The molecule has 2 aliphatic heterocycles. The monoisotopic (exact) mass is 655 g/mol. The molecule has 2 aromatic carbocycles. The summed E-state index contributed by atoms with van der Waals surface area (Å²) in [7, 11) is -1.97. The van der Waals surface area contributed by atoms with E-state index in [2.05, 4.69) is 76.4 Å². The highest BCUT2D eigenvalue weighted by atomic mass is 28.4. The summed E-state index contributed by atoms with van der Waals surface area (Å²) >= 11 is 0. The minimum absolute atomic E-state index is 0.114. The van der Waals surface area contributed by atoms with E-state index in [-0.39, 0.29) is 5.04 Å². The van der Waals surface area contributed by atoms with Crippen LogP contribution in [0, 0.1) is 0 Å². The highest BCUT2D eigenvalue weighted by Crippen LogP contribution is 2.44. The van der Waals surface area contributed by atoms with Crippen LogP contribution in [0.3, 0.4) is 0 Å². The predicted octanol–water partition coefficient (Wildman–Crippen LogP) is 10.7. The zero-order chi connectivity index (χ0) is 33.1. The average molecular weight is 656 g/mol. The van der Waals surface area contributed by atoms with Gasteiger partial charge < -0.3 is 23.4 Å². The Morgan fingerprint density at radius 3 is 1.47 bits per heavy atom. The molecular weight excluding hydrogens is 603 g/mol. The molecule has 0 saturated heterocycles. The summed E-state index contributed by atoms with van der Waals surface area (Å²) in [5.74, 6) is 3.11. The molecule has 2 aliphatic rings. The molecule has 3 aromatic rings. The van der Waals surface area contributed by atoms with Gasteiger partial charge in [0.05, 0.1) is 55.5 Å². The van der Waals surface area contributed by atoms with E-state index in [4.69, 9.17) is 28.4 Å². The SMILES string of the molecule is CC(C)(C)[Si](C)(C)OCc1cc2c3c(c1)OCCC/C=C\CCCOc1cccc(c1-c1cccc-3n1)OCCC/C=C\CCCO2. The Hall–Kier alpha value is -3.55. The molecule has 5 rings (SSSR count). The molecular formula is C40H53NO5Si. The van der Waals surface area contributed by atoms with Gasteiger partial charge in [0.1, 0.15) is 23.0 Å². The van der Waals surface area contributed by atoms with Gasteiger partial charge in [-0.15, -0.1) is 0 Å². The number of benzene rings is 2. The second-order valence-electron chi connectivity index (χ2n) is 14.0. The second kappa shape index (κ2) is 16.5. The van der Waals surface area contributed by atoms with Crippen LogP contribution in [-0.4, -0.2) is 39.7 Å². The summed E-state index contributed by atoms with van der Waals surface area (Å²) in [6.45, 7) is 14.3. The largest absolute Gasteiger partial charge is 0.493 e. The Morgan fingerprint density at radius 1 is 0.617 bits per heavy atom. The van der Waals surface area contributed by atoms with Crippen molar-refractivity contribution in [2.45, 2.75) is 96.9 Å². The first kappa shape index (κ1) is 34.8. The van der Waals surface area contributed by atoms with Crippen molar-refractivity contribution < 1.29 is 23.4 Å². The minimum atomic E-state index is -1.97. The first-order chi connectivity index (χ1) is 22.7. The van der Waals surface area contributed by atoms with Gasteiger partial charge in [-0.1, -0.05) is 57.2 Å². The minimum Gasteiger partial charge on any atom is -0.493 e. The Balaban J connectivity index is 1.65. The van der Waals surface area contributed by atoms with Crippen molar-refractivity contribution in [2.24, 2.45) is 0 Å². The number of nitrogens with zero attached hydrogens (tertiary/aromatic N) is 1. The molecule has 3 heterocycles. The van der Waals surface area contributed by atoms with E-state index in [0.29, 0.717) is 33.0 Å². The lowest BCUT2D eigenvalue weighted by Gasteiger charge is -2.36. The van der Waals surface area contributed by atoms with Crippen molar-refractivity contribution in [1.82, 2.24) is 4.98 Å². The molecule has 252 valence electrons. The fraction of sp³-hybridized carbons (Fsp3) is 0.475. The summed E-state index contributed by atoms with van der Waals surface area (Å²) in [4.78, 5) is 5.27. The third-order valence-corrected chi connectivity index (χ3v) is 13.7. The first-order valence-corrected chi connectivity index (χ1v) is 20.4. The van der Waals surface area contributed by atoms with Crippen LogP contribution in [0.1, 0.15) is 77.7 Å². The summed E-state index contributed by atoms with van der Waals surface area (Å²) in [6, 6.07) is 16.4. The maximum Gasteiger partial charge on any atom is 0.192 e. The van der Waals surface area contributed by atoms with Crippen LogP contribution in [0.2, 0.25) is 18.1 Å². The Labute approximate surface area is 283 Å². The first-order valence-electron chi connectivity index (χ1n) is 17.5. The number of allylic oxidation sites excluding steroid dienone is 4. The molecule has 0 spiro atoms. The zero-order valence-corrected chi connectivity index (χ0v) is 30.1. The lowest BCUT2D eigenvalue weighted by Crippen LogP contribution is -2.40. The lowest BCUT2D eigenvalue weighted by molar-refractivity contribution is 0.270. The number of rotatable bonds is 3. The number of aromatic nitrogens is 1. The average Bonchev–Trinajstić information content (AvgIpc) is 3.04. The van der Waals surface area contributed by atoms with Gasteiger partial charge in [0.2, 0.25) is 0 Å². The standard InChI is InChI=1S/C40H53NO5Si/c1-40(2,3)47(4,5)46-30-31-28-36-39-33-21-18-20-32(41-33)38-34(42-24-14-10-6-8-12-16-26-44-36)22-19-23-35(38)43-25-15-11-7-9-13-17-27-45-37(39)29-31/h6-9,18-23,28-29H,10-17,24-27,30H2,1-5H3/b8-6-,9-7-. The number of pyridine rings is 1. The normalized spacial score (nSPS) is 18.1. The van der Waals surface area contributed by atoms with Crippen molar-refractivity contribution >= 4 is 8.32 Å². The van der Waals surface area contributed by atoms with Gasteiger partial charge in [0.25, 0.3) is 0 Å². The quantitative estimate of drug-likeness (QED) is 0.207. The molecule has 0 radical (unpaired) electrons. The highest BCUT2D eigenvalue weighted by molar-refractivity contribution is 6.74. The summed E-state index contributed by atoms with van der Waals surface area (Å²) in [5.41, 5.74) is 4.37. The Kier molecular flexibility index (Phi) is 12.2.